The first-order chi connectivity index (χ1) is 20.0. The van der Waals surface area contributed by atoms with E-state index in [0.29, 0.717) is 46.8 Å². The number of anilines is 2. The first-order valence-corrected chi connectivity index (χ1v) is 13.8. The molecule has 0 spiro atoms. The molecule has 5 rings (SSSR count). The summed E-state index contributed by atoms with van der Waals surface area (Å²) in [7, 11) is 5.14. The molecule has 3 heterocycles. The molecule has 0 saturated carbocycles. The second-order valence-electron chi connectivity index (χ2n) is 10.8. The molecule has 1 atom stereocenters. The average Bonchev–Trinajstić information content (AvgIpc) is 3.19. The number of carbonyl (C=O) groups excluding carboxylic acids is 2. The number of likely N-dealkylation sites (tertiary alicyclic amines) is 1. The molecule has 2 aromatic carbocycles. The van der Waals surface area contributed by atoms with E-state index in [1.807, 2.05) is 40.0 Å². The fraction of sp³-hybridized carbons (Fsp3) is 0.367. The fourth-order valence-corrected chi connectivity index (χ4v) is 5.28. The number of nitrogens with zero attached hydrogens (tertiary/aromatic N) is 4. The third-order valence-electron chi connectivity index (χ3n) is 7.42. The lowest BCUT2D eigenvalue weighted by Crippen LogP contribution is -2.43. The van der Waals surface area contributed by atoms with E-state index < -0.39 is 5.54 Å². The Morgan fingerprint density at radius 3 is 2.76 bits per heavy atom. The Morgan fingerprint density at radius 2 is 2.02 bits per heavy atom. The van der Waals surface area contributed by atoms with Gasteiger partial charge in [0, 0.05) is 32.2 Å². The van der Waals surface area contributed by atoms with Gasteiger partial charge in [-0.15, -0.1) is 0 Å². The Morgan fingerprint density at radius 1 is 1.24 bits per heavy atom. The summed E-state index contributed by atoms with van der Waals surface area (Å²) in [6, 6.07) is 8.80. The molecule has 0 radical (unpaired) electrons. The number of amides is 2. The van der Waals surface area contributed by atoms with Crippen LogP contribution in [-0.2, 0) is 10.3 Å². The second kappa shape index (κ2) is 11.7. The van der Waals surface area contributed by atoms with Crippen molar-refractivity contribution in [2.24, 2.45) is 4.99 Å². The Bertz CT molecular complexity index is 1590. The molecule has 2 N–H and O–H groups in total. The number of hydrogen-bond donors (Lipinski definition) is 2. The molecule has 1 saturated heterocycles. The molecule has 2 aliphatic heterocycles. The zero-order valence-corrected chi connectivity index (χ0v) is 25.1. The minimum Gasteiger partial charge on any atom is -0.495 e. The first kappa shape index (κ1) is 29.4. The van der Waals surface area contributed by atoms with Crippen LogP contribution in [0.3, 0.4) is 0 Å². The molecule has 220 valence electrons. The number of halogens is 1. The van der Waals surface area contributed by atoms with Crippen LogP contribution in [0.1, 0.15) is 52.1 Å². The summed E-state index contributed by atoms with van der Waals surface area (Å²) in [4.78, 5) is 41.2. The van der Waals surface area contributed by atoms with Crippen LogP contribution in [0.2, 0.25) is 5.02 Å². The van der Waals surface area contributed by atoms with Crippen molar-refractivity contribution in [2.45, 2.75) is 38.8 Å². The van der Waals surface area contributed by atoms with Gasteiger partial charge in [-0.05, 0) is 57.1 Å². The van der Waals surface area contributed by atoms with Crippen molar-refractivity contribution in [3.63, 3.8) is 0 Å². The van der Waals surface area contributed by atoms with Gasteiger partial charge < -0.3 is 29.7 Å². The molecule has 0 aliphatic carbocycles. The van der Waals surface area contributed by atoms with Gasteiger partial charge in [0.2, 0.25) is 11.8 Å². The topological polar surface area (TPSA) is 127 Å². The Kier molecular flexibility index (Phi) is 8.18. The fourth-order valence-electron chi connectivity index (χ4n) is 5.15. The lowest BCUT2D eigenvalue weighted by molar-refractivity contribution is 0.0937. The maximum atomic E-state index is 13.2. The van der Waals surface area contributed by atoms with E-state index in [2.05, 4.69) is 30.5 Å². The number of aromatic nitrogens is 2. The van der Waals surface area contributed by atoms with E-state index in [1.165, 1.54) is 13.3 Å². The van der Waals surface area contributed by atoms with Gasteiger partial charge in [-0.25, -0.2) is 9.98 Å². The van der Waals surface area contributed by atoms with Crippen molar-refractivity contribution in [3.05, 3.63) is 63.8 Å². The maximum Gasteiger partial charge on any atom is 0.277 e. The summed E-state index contributed by atoms with van der Waals surface area (Å²) >= 11 is 6.38. The number of fused-ring (bicyclic) bond motifs is 1. The lowest BCUT2D eigenvalue weighted by Gasteiger charge is -2.30. The summed E-state index contributed by atoms with van der Waals surface area (Å²) in [6.07, 6.45) is 1.83. The van der Waals surface area contributed by atoms with E-state index in [-0.39, 0.29) is 34.8 Å². The summed E-state index contributed by atoms with van der Waals surface area (Å²) < 4.78 is 17.2. The zero-order valence-electron chi connectivity index (χ0n) is 24.4. The maximum absolute atomic E-state index is 13.2. The number of nitrogens with one attached hydrogen (secondary N) is 2. The molecular formula is C30H33ClN6O5. The van der Waals surface area contributed by atoms with Crippen molar-refractivity contribution in [1.29, 1.82) is 0 Å². The highest BCUT2D eigenvalue weighted by Gasteiger charge is 2.37. The molecule has 42 heavy (non-hydrogen) atoms. The number of likely N-dealkylation sites (N-methyl/N-ethyl adjacent to an activating group) is 1. The quantitative estimate of drug-likeness (QED) is 0.394. The van der Waals surface area contributed by atoms with Crippen LogP contribution >= 0.6 is 11.6 Å². The highest BCUT2D eigenvalue weighted by atomic mass is 35.5. The van der Waals surface area contributed by atoms with Crippen molar-refractivity contribution in [1.82, 2.24) is 20.2 Å². The standard InChI is InChI=1S/C30H33ClN6O5/c1-16-12-21(23(40-5)13-17(16)26(38)33-20-10-11-37(4)15-24(20)41-6)34-29-32-14-19(31)28(35-29)42-22-9-7-8-18-25(22)27(39)36-30(18,2)3/h7-9,12-14,24H,10-11,15H2,1-6H3,(H,36,39)(H,32,34,35)/t24-/m1/s1. The van der Waals surface area contributed by atoms with Gasteiger partial charge >= 0.3 is 0 Å². The molecule has 2 amide bonds. The average molecular weight is 593 g/mol. The third kappa shape index (κ3) is 5.80. The number of carbonyl (C=O) groups is 2. The first-order valence-electron chi connectivity index (χ1n) is 13.5. The van der Waals surface area contributed by atoms with E-state index >= 15 is 0 Å². The normalized spacial score (nSPS) is 18.9. The van der Waals surface area contributed by atoms with Gasteiger partial charge in [0.15, 0.2) is 0 Å². The molecule has 1 fully saturated rings. The predicted molar refractivity (Wildman–Crippen MR) is 160 cm³/mol. The van der Waals surface area contributed by atoms with Crippen LogP contribution in [0.5, 0.6) is 17.4 Å². The van der Waals surface area contributed by atoms with Gasteiger partial charge in [-0.3, -0.25) is 9.59 Å². The van der Waals surface area contributed by atoms with Gasteiger partial charge in [-0.2, -0.15) is 4.98 Å². The predicted octanol–water partition coefficient (Wildman–Crippen LogP) is 4.89. The van der Waals surface area contributed by atoms with Crippen molar-refractivity contribution in [3.8, 4) is 17.4 Å². The van der Waals surface area contributed by atoms with Crippen molar-refractivity contribution < 1.29 is 23.8 Å². The minimum atomic E-state index is -0.527. The van der Waals surface area contributed by atoms with Crippen LogP contribution in [0, 0.1) is 6.92 Å². The van der Waals surface area contributed by atoms with Gasteiger partial charge in [0.05, 0.1) is 35.8 Å². The molecule has 11 nitrogen and oxygen atoms in total. The number of hydrogen-bond acceptors (Lipinski definition) is 9. The van der Waals surface area contributed by atoms with Gasteiger partial charge in [-0.1, -0.05) is 23.7 Å². The van der Waals surface area contributed by atoms with Gasteiger partial charge in [0.25, 0.3) is 11.8 Å². The van der Waals surface area contributed by atoms with Crippen LogP contribution in [0.25, 0.3) is 0 Å². The number of piperidine rings is 1. The van der Waals surface area contributed by atoms with E-state index in [0.717, 1.165) is 17.8 Å². The van der Waals surface area contributed by atoms with Crippen LogP contribution in [-0.4, -0.2) is 72.9 Å². The summed E-state index contributed by atoms with van der Waals surface area (Å²) in [5, 5.41) is 6.24. The molecule has 0 unspecified atom stereocenters. The van der Waals surface area contributed by atoms with Crippen molar-refractivity contribution in [2.75, 3.05) is 39.7 Å². The molecule has 3 aromatic rings. The third-order valence-corrected chi connectivity index (χ3v) is 7.68. The monoisotopic (exact) mass is 592 g/mol. The van der Waals surface area contributed by atoms with E-state index in [1.54, 1.807) is 25.3 Å². The largest absolute Gasteiger partial charge is 0.495 e. The highest BCUT2D eigenvalue weighted by molar-refractivity contribution is 6.31. The Hall–Kier alpha value is -4.06. The van der Waals surface area contributed by atoms with Crippen LogP contribution < -0.4 is 20.1 Å². The van der Waals surface area contributed by atoms with Crippen LogP contribution in [0.15, 0.2) is 41.5 Å². The van der Waals surface area contributed by atoms with Gasteiger partial charge in [0.1, 0.15) is 22.6 Å². The minimum absolute atomic E-state index is 0.0733. The number of aryl methyl sites for hydroxylation is 1. The molecule has 2 aliphatic rings. The van der Waals surface area contributed by atoms with E-state index in [9.17, 15) is 9.59 Å². The molecule has 0 bridgehead atoms. The molecule has 1 aromatic heterocycles. The summed E-state index contributed by atoms with van der Waals surface area (Å²) in [6.45, 7) is 7.15. The van der Waals surface area contributed by atoms with E-state index in [4.69, 9.17) is 25.8 Å². The molecular weight excluding hydrogens is 560 g/mol. The lowest BCUT2D eigenvalue weighted by atomic mass is 9.94. The van der Waals surface area contributed by atoms with Crippen molar-refractivity contribution >= 4 is 40.8 Å². The number of aliphatic imine (C=N–C) groups is 1. The number of methoxy groups -OCH3 is 2. The zero-order chi connectivity index (χ0) is 30.2. The SMILES string of the molecule is COc1cc(C(=O)N=C2CCN(C)C[C@H]2OC)c(C)cc1Nc1ncc(Cl)c(Oc2cccc3c2C(=O)NC3(C)C)n1. The van der Waals surface area contributed by atoms with Crippen LogP contribution in [0.4, 0.5) is 11.6 Å². The second-order valence-corrected chi connectivity index (χ2v) is 11.3. The Labute approximate surface area is 249 Å². The smallest absolute Gasteiger partial charge is 0.277 e. The Balaban J connectivity index is 1.40. The number of rotatable bonds is 7. The molecule has 12 heteroatoms. The number of benzene rings is 2. The summed E-state index contributed by atoms with van der Waals surface area (Å²) in [5.74, 6) is 0.391. The highest BCUT2D eigenvalue weighted by Crippen LogP contribution is 2.39. The summed E-state index contributed by atoms with van der Waals surface area (Å²) in [5.41, 5.74) is 3.09. The number of ether oxygens (including phenoxy) is 3.